The number of rotatable bonds is 3. The Balaban J connectivity index is 2.02. The van der Waals surface area contributed by atoms with Crippen molar-refractivity contribution in [3.05, 3.63) is 24.0 Å². The molecule has 1 fully saturated rings. The Labute approximate surface area is 85.7 Å². The van der Waals surface area contributed by atoms with Gasteiger partial charge in [-0.2, -0.15) is 0 Å². The van der Waals surface area contributed by atoms with Crippen molar-refractivity contribution in [2.45, 2.75) is 12.3 Å². The predicted molar refractivity (Wildman–Crippen MR) is 51.2 cm³/mol. The van der Waals surface area contributed by atoms with Gasteiger partial charge in [-0.1, -0.05) is 0 Å². The van der Waals surface area contributed by atoms with Gasteiger partial charge in [0.15, 0.2) is 0 Å². The maximum Gasteiger partial charge on any atom is 0.282 e. The lowest BCUT2D eigenvalue weighted by atomic mass is 10.1. The van der Waals surface area contributed by atoms with Gasteiger partial charge in [0.05, 0.1) is 25.0 Å². The van der Waals surface area contributed by atoms with Crippen molar-refractivity contribution >= 4 is 12.0 Å². The highest BCUT2D eigenvalue weighted by Gasteiger charge is 2.43. The Kier molecular flexibility index (Phi) is 2.38. The smallest absolute Gasteiger partial charge is 0.282 e. The van der Waals surface area contributed by atoms with E-state index in [1.165, 1.54) is 6.20 Å². The molecule has 3 nitrogen and oxygen atoms in total. The van der Waals surface area contributed by atoms with Crippen LogP contribution in [0.25, 0.3) is 0 Å². The zero-order chi connectivity index (χ0) is 10.9. The highest BCUT2D eigenvalue weighted by atomic mass is 19.3. The summed E-state index contributed by atoms with van der Waals surface area (Å²) in [6.45, 7) is -0.497. The predicted octanol–water partition coefficient (Wildman–Crippen LogP) is 1.28. The van der Waals surface area contributed by atoms with E-state index in [1.807, 2.05) is 0 Å². The molecule has 0 spiro atoms. The lowest BCUT2D eigenvalue weighted by molar-refractivity contribution is -0.107. The van der Waals surface area contributed by atoms with Gasteiger partial charge in [0.25, 0.3) is 5.92 Å². The molecular weight excluding hydrogens is 202 g/mol. The number of nitrogens with zero attached hydrogens (tertiary/aromatic N) is 2. The van der Waals surface area contributed by atoms with Gasteiger partial charge < -0.3 is 9.69 Å². The van der Waals surface area contributed by atoms with Crippen molar-refractivity contribution in [1.82, 2.24) is 4.98 Å². The maximum atomic E-state index is 12.6. The Bertz CT molecular complexity index is 356. The fraction of sp³-hybridized carbons (Fsp3) is 0.400. The molecule has 1 aromatic rings. The second-order valence-electron chi connectivity index (χ2n) is 3.59. The molecule has 0 saturated carbocycles. The lowest BCUT2D eigenvalue weighted by Gasteiger charge is -2.40. The van der Waals surface area contributed by atoms with Crippen molar-refractivity contribution in [2.24, 2.45) is 0 Å². The van der Waals surface area contributed by atoms with E-state index in [9.17, 15) is 13.6 Å². The lowest BCUT2D eigenvalue weighted by Crippen LogP contribution is -2.56. The van der Waals surface area contributed by atoms with Crippen LogP contribution in [0.3, 0.4) is 0 Å². The molecule has 1 aliphatic rings. The maximum absolute atomic E-state index is 12.6. The highest BCUT2D eigenvalue weighted by Crippen LogP contribution is 2.31. The topological polar surface area (TPSA) is 33.2 Å². The SMILES string of the molecule is O=CCc1ccc(N2CC(F)(F)C2)cn1. The molecule has 0 atom stereocenters. The minimum absolute atomic E-state index is 0.248. The molecule has 1 saturated heterocycles. The number of pyridine rings is 1. The molecule has 0 unspecified atom stereocenters. The van der Waals surface area contributed by atoms with Crippen LogP contribution in [-0.2, 0) is 11.2 Å². The van der Waals surface area contributed by atoms with E-state index in [0.717, 1.165) is 6.29 Å². The van der Waals surface area contributed by atoms with Crippen molar-refractivity contribution in [2.75, 3.05) is 18.0 Å². The van der Waals surface area contributed by atoms with Crippen LogP contribution in [0.2, 0.25) is 0 Å². The molecule has 1 aliphatic heterocycles. The normalized spacial score (nSPS) is 18.4. The van der Waals surface area contributed by atoms with Crippen LogP contribution >= 0.6 is 0 Å². The Morgan fingerprint density at radius 3 is 2.67 bits per heavy atom. The van der Waals surface area contributed by atoms with E-state index in [2.05, 4.69) is 4.98 Å². The van der Waals surface area contributed by atoms with Crippen LogP contribution in [-0.4, -0.2) is 30.3 Å². The van der Waals surface area contributed by atoms with E-state index in [1.54, 1.807) is 17.0 Å². The molecule has 0 bridgehead atoms. The van der Waals surface area contributed by atoms with Crippen molar-refractivity contribution in [3.63, 3.8) is 0 Å². The van der Waals surface area contributed by atoms with Crippen LogP contribution < -0.4 is 4.90 Å². The first kappa shape index (κ1) is 10.0. The summed E-state index contributed by atoms with van der Waals surface area (Å²) in [7, 11) is 0. The Morgan fingerprint density at radius 2 is 2.20 bits per heavy atom. The summed E-state index contributed by atoms with van der Waals surface area (Å²) in [5.41, 5.74) is 1.33. The first-order valence-corrected chi connectivity index (χ1v) is 4.62. The number of carbonyl (C=O) groups is 1. The molecule has 0 radical (unpaired) electrons. The van der Waals surface area contributed by atoms with Crippen molar-refractivity contribution < 1.29 is 13.6 Å². The van der Waals surface area contributed by atoms with Crippen LogP contribution in [0, 0.1) is 0 Å². The van der Waals surface area contributed by atoms with Gasteiger partial charge in [0.2, 0.25) is 0 Å². The molecule has 80 valence electrons. The molecule has 2 rings (SSSR count). The van der Waals surface area contributed by atoms with E-state index in [4.69, 9.17) is 0 Å². The first-order chi connectivity index (χ1) is 7.11. The monoisotopic (exact) mass is 212 g/mol. The van der Waals surface area contributed by atoms with Crippen LogP contribution in [0.5, 0.6) is 0 Å². The summed E-state index contributed by atoms with van der Waals surface area (Å²) in [5, 5.41) is 0. The second kappa shape index (κ2) is 3.56. The van der Waals surface area contributed by atoms with Gasteiger partial charge >= 0.3 is 0 Å². The molecule has 0 aliphatic carbocycles. The van der Waals surface area contributed by atoms with E-state index >= 15 is 0 Å². The summed E-state index contributed by atoms with van der Waals surface area (Å²) in [6, 6.07) is 3.39. The van der Waals surface area contributed by atoms with Gasteiger partial charge in [0.1, 0.15) is 6.29 Å². The fourth-order valence-electron chi connectivity index (χ4n) is 1.50. The average molecular weight is 212 g/mol. The second-order valence-corrected chi connectivity index (χ2v) is 3.59. The number of hydrogen-bond acceptors (Lipinski definition) is 3. The van der Waals surface area contributed by atoms with Crippen LogP contribution in [0.4, 0.5) is 14.5 Å². The molecule has 2 heterocycles. The summed E-state index contributed by atoms with van der Waals surface area (Å²) >= 11 is 0. The average Bonchev–Trinajstić information content (AvgIpc) is 2.16. The Morgan fingerprint density at radius 1 is 1.47 bits per heavy atom. The third-order valence-electron chi connectivity index (χ3n) is 2.31. The molecular formula is C10H10F2N2O. The molecule has 0 amide bonds. The number of alkyl halides is 2. The largest absolute Gasteiger partial charge is 0.358 e. The van der Waals surface area contributed by atoms with Gasteiger partial charge in [-0.25, -0.2) is 8.78 Å². The quantitative estimate of drug-likeness (QED) is 0.707. The molecule has 0 aromatic carbocycles. The third-order valence-corrected chi connectivity index (χ3v) is 2.31. The standard InChI is InChI=1S/C10H10F2N2O/c11-10(12)6-14(7-10)9-2-1-8(3-4-15)13-5-9/h1-2,4-5H,3,6-7H2. The number of halogens is 2. The van der Waals surface area contributed by atoms with Gasteiger partial charge in [0, 0.05) is 12.1 Å². The minimum Gasteiger partial charge on any atom is -0.358 e. The third kappa shape index (κ3) is 2.11. The Hall–Kier alpha value is -1.52. The number of carbonyl (C=O) groups excluding carboxylic acids is 1. The molecule has 5 heteroatoms. The summed E-state index contributed by atoms with van der Waals surface area (Å²) < 4.78 is 25.1. The van der Waals surface area contributed by atoms with Gasteiger partial charge in [-0.15, -0.1) is 0 Å². The molecule has 1 aromatic heterocycles. The van der Waals surface area contributed by atoms with Gasteiger partial charge in [-0.05, 0) is 12.1 Å². The highest BCUT2D eigenvalue weighted by molar-refractivity contribution is 5.55. The summed E-state index contributed by atoms with van der Waals surface area (Å²) in [6.07, 6.45) is 2.55. The summed E-state index contributed by atoms with van der Waals surface area (Å²) in [5.74, 6) is -2.57. The zero-order valence-corrected chi connectivity index (χ0v) is 7.99. The van der Waals surface area contributed by atoms with Crippen LogP contribution in [0.15, 0.2) is 18.3 Å². The molecule has 0 N–H and O–H groups in total. The minimum atomic E-state index is -2.57. The van der Waals surface area contributed by atoms with Crippen molar-refractivity contribution in [1.29, 1.82) is 0 Å². The number of anilines is 1. The summed E-state index contributed by atoms with van der Waals surface area (Å²) in [4.78, 5) is 15.8. The van der Waals surface area contributed by atoms with Gasteiger partial charge in [-0.3, -0.25) is 4.98 Å². The number of hydrogen-bond donors (Lipinski definition) is 0. The number of aldehydes is 1. The molecule has 15 heavy (non-hydrogen) atoms. The zero-order valence-electron chi connectivity index (χ0n) is 7.99. The van der Waals surface area contributed by atoms with E-state index < -0.39 is 5.92 Å². The van der Waals surface area contributed by atoms with Crippen LogP contribution in [0.1, 0.15) is 5.69 Å². The van der Waals surface area contributed by atoms with E-state index in [0.29, 0.717) is 11.4 Å². The van der Waals surface area contributed by atoms with E-state index in [-0.39, 0.29) is 19.5 Å². The number of aromatic nitrogens is 1. The van der Waals surface area contributed by atoms with Crippen molar-refractivity contribution in [3.8, 4) is 0 Å². The first-order valence-electron chi connectivity index (χ1n) is 4.62. The fourth-order valence-corrected chi connectivity index (χ4v) is 1.50.